The third-order valence-electron chi connectivity index (χ3n) is 7.87. The molecule has 0 N–H and O–H groups in total. The lowest BCUT2D eigenvalue weighted by atomic mass is 9.75. The molecule has 0 saturated heterocycles. The van der Waals surface area contributed by atoms with E-state index < -0.39 is 0 Å². The summed E-state index contributed by atoms with van der Waals surface area (Å²) in [5.41, 5.74) is 3.25. The lowest BCUT2D eigenvalue weighted by molar-refractivity contribution is 0.301. The van der Waals surface area contributed by atoms with Gasteiger partial charge in [-0.2, -0.15) is 0 Å². The fourth-order valence-electron chi connectivity index (χ4n) is 5.77. The van der Waals surface area contributed by atoms with Gasteiger partial charge in [0, 0.05) is 0 Å². The monoisotopic (exact) mass is 368 g/mol. The van der Waals surface area contributed by atoms with Crippen molar-refractivity contribution in [1.82, 2.24) is 0 Å². The Balaban J connectivity index is 1.40. The van der Waals surface area contributed by atoms with Crippen molar-refractivity contribution in [2.24, 2.45) is 11.8 Å². The molecule has 1 aromatic carbocycles. The quantitative estimate of drug-likeness (QED) is 0.381. The van der Waals surface area contributed by atoms with Gasteiger partial charge in [0.15, 0.2) is 0 Å². The average molecular weight is 369 g/mol. The topological polar surface area (TPSA) is 0 Å². The molecule has 0 unspecified atom stereocenters. The summed E-state index contributed by atoms with van der Waals surface area (Å²) >= 11 is 0. The summed E-state index contributed by atoms with van der Waals surface area (Å²) in [4.78, 5) is 0. The van der Waals surface area contributed by atoms with Crippen LogP contribution in [-0.2, 0) is 0 Å². The van der Waals surface area contributed by atoms with Crippen molar-refractivity contribution in [3.63, 3.8) is 0 Å². The molecule has 2 saturated carbocycles. The van der Waals surface area contributed by atoms with Crippen LogP contribution in [0.1, 0.15) is 133 Å². The summed E-state index contributed by atoms with van der Waals surface area (Å²) in [7, 11) is 0. The van der Waals surface area contributed by atoms with Crippen LogP contribution in [0, 0.1) is 11.8 Å². The maximum Gasteiger partial charge on any atom is -0.0162 e. The molecule has 27 heavy (non-hydrogen) atoms. The van der Waals surface area contributed by atoms with Gasteiger partial charge in [-0.05, 0) is 86.2 Å². The first kappa shape index (κ1) is 20.9. The van der Waals surface area contributed by atoms with Crippen LogP contribution < -0.4 is 0 Å². The van der Waals surface area contributed by atoms with Gasteiger partial charge in [0.05, 0.1) is 0 Å². The van der Waals surface area contributed by atoms with Crippen LogP contribution in [0.2, 0.25) is 0 Å². The van der Waals surface area contributed by atoms with Crippen LogP contribution in [-0.4, -0.2) is 0 Å². The molecule has 0 amide bonds. The molecule has 2 fully saturated rings. The number of hydrogen-bond donors (Lipinski definition) is 0. The van der Waals surface area contributed by atoms with E-state index >= 15 is 0 Å². The van der Waals surface area contributed by atoms with Crippen LogP contribution in [0.25, 0.3) is 0 Å². The summed E-state index contributed by atoms with van der Waals surface area (Å²) in [5, 5.41) is 0. The van der Waals surface area contributed by atoms with Gasteiger partial charge < -0.3 is 0 Å². The molecule has 0 heterocycles. The van der Waals surface area contributed by atoms with E-state index in [9.17, 15) is 0 Å². The van der Waals surface area contributed by atoms with Gasteiger partial charge in [-0.3, -0.25) is 0 Å². The van der Waals surface area contributed by atoms with E-state index in [1.807, 2.05) is 0 Å². The molecule has 2 aliphatic rings. The molecule has 0 bridgehead atoms. The molecule has 3 rings (SSSR count). The second-order valence-electron chi connectivity index (χ2n) is 9.71. The number of rotatable bonds is 9. The van der Waals surface area contributed by atoms with Gasteiger partial charge in [0.2, 0.25) is 0 Å². The second kappa shape index (κ2) is 11.3. The molecule has 0 radical (unpaired) electrons. The lowest BCUT2D eigenvalue weighted by Crippen LogP contribution is -2.14. The van der Waals surface area contributed by atoms with E-state index in [-0.39, 0.29) is 0 Å². The molecule has 0 aliphatic heterocycles. The molecule has 2 aliphatic carbocycles. The SMILES string of the molecule is CCCCCCCC1CCC(c2ccc(C3CCC(CC)CC3)cc2)CC1. The third-order valence-corrected chi connectivity index (χ3v) is 7.87. The fraction of sp³-hybridized carbons (Fsp3) is 0.778. The highest BCUT2D eigenvalue weighted by Gasteiger charge is 2.24. The molecule has 0 nitrogen and oxygen atoms in total. The third kappa shape index (κ3) is 6.37. The van der Waals surface area contributed by atoms with Crippen LogP contribution in [0.15, 0.2) is 24.3 Å². The Morgan fingerprint density at radius 3 is 1.56 bits per heavy atom. The maximum atomic E-state index is 2.48. The highest BCUT2D eigenvalue weighted by Crippen LogP contribution is 2.40. The van der Waals surface area contributed by atoms with E-state index in [0.717, 1.165) is 23.7 Å². The van der Waals surface area contributed by atoms with Crippen LogP contribution in [0.5, 0.6) is 0 Å². The molecule has 0 heteroatoms. The molecule has 1 aromatic rings. The minimum absolute atomic E-state index is 0.838. The number of unbranched alkanes of at least 4 members (excludes halogenated alkanes) is 4. The van der Waals surface area contributed by atoms with Gasteiger partial charge in [0.25, 0.3) is 0 Å². The summed E-state index contributed by atoms with van der Waals surface area (Å²) < 4.78 is 0. The first-order valence-electron chi connectivity index (χ1n) is 12.4. The predicted molar refractivity (Wildman–Crippen MR) is 120 cm³/mol. The summed E-state index contributed by atoms with van der Waals surface area (Å²) in [5.74, 6) is 3.70. The van der Waals surface area contributed by atoms with Gasteiger partial charge >= 0.3 is 0 Å². The van der Waals surface area contributed by atoms with E-state index in [1.54, 1.807) is 11.1 Å². The minimum Gasteiger partial charge on any atom is -0.0654 e. The lowest BCUT2D eigenvalue weighted by Gasteiger charge is -2.30. The molecule has 0 atom stereocenters. The Labute approximate surface area is 169 Å². The first-order valence-corrected chi connectivity index (χ1v) is 12.4. The highest BCUT2D eigenvalue weighted by atomic mass is 14.3. The van der Waals surface area contributed by atoms with Crippen LogP contribution in [0.4, 0.5) is 0 Å². The fourth-order valence-corrected chi connectivity index (χ4v) is 5.77. The molecule has 0 spiro atoms. The zero-order chi connectivity index (χ0) is 18.9. The first-order chi connectivity index (χ1) is 13.3. The zero-order valence-electron chi connectivity index (χ0n) is 18.2. The minimum atomic E-state index is 0.838. The van der Waals surface area contributed by atoms with Crippen LogP contribution >= 0.6 is 0 Å². The summed E-state index contributed by atoms with van der Waals surface area (Å²) in [6.45, 7) is 4.67. The van der Waals surface area contributed by atoms with Gasteiger partial charge in [-0.1, -0.05) is 83.1 Å². The van der Waals surface area contributed by atoms with Gasteiger partial charge in [-0.25, -0.2) is 0 Å². The smallest absolute Gasteiger partial charge is 0.0162 e. The Bertz CT molecular complexity index is 497. The maximum absolute atomic E-state index is 2.48. The van der Waals surface area contributed by atoms with E-state index in [4.69, 9.17) is 0 Å². The normalized spacial score (nSPS) is 29.0. The Morgan fingerprint density at radius 2 is 1.07 bits per heavy atom. The van der Waals surface area contributed by atoms with E-state index in [0.29, 0.717) is 0 Å². The summed E-state index contributed by atoms with van der Waals surface area (Å²) in [6, 6.07) is 9.92. The van der Waals surface area contributed by atoms with Crippen molar-refractivity contribution in [3.8, 4) is 0 Å². The number of hydrogen-bond acceptors (Lipinski definition) is 0. The van der Waals surface area contributed by atoms with E-state index in [2.05, 4.69) is 38.1 Å². The van der Waals surface area contributed by atoms with Crippen molar-refractivity contribution >= 4 is 0 Å². The van der Waals surface area contributed by atoms with Crippen molar-refractivity contribution in [1.29, 1.82) is 0 Å². The van der Waals surface area contributed by atoms with E-state index in [1.165, 1.54) is 96.3 Å². The van der Waals surface area contributed by atoms with Crippen molar-refractivity contribution < 1.29 is 0 Å². The predicted octanol–water partition coefficient (Wildman–Crippen LogP) is 9.00. The Kier molecular flexibility index (Phi) is 8.75. The average Bonchev–Trinajstić information content (AvgIpc) is 2.74. The Hall–Kier alpha value is -0.780. The van der Waals surface area contributed by atoms with Crippen LogP contribution in [0.3, 0.4) is 0 Å². The Morgan fingerprint density at radius 1 is 0.593 bits per heavy atom. The molecular formula is C27H44. The van der Waals surface area contributed by atoms with Gasteiger partial charge in [0.1, 0.15) is 0 Å². The highest BCUT2D eigenvalue weighted by molar-refractivity contribution is 5.28. The molecule has 0 aromatic heterocycles. The largest absolute Gasteiger partial charge is 0.0654 e. The van der Waals surface area contributed by atoms with Crippen molar-refractivity contribution in [2.75, 3.05) is 0 Å². The van der Waals surface area contributed by atoms with Crippen molar-refractivity contribution in [3.05, 3.63) is 35.4 Å². The van der Waals surface area contributed by atoms with Gasteiger partial charge in [-0.15, -0.1) is 0 Å². The standard InChI is InChI=1S/C27H44/c1-3-5-6-7-8-9-23-12-16-25(17-13-23)27-20-18-26(19-21-27)24-14-10-22(4-2)11-15-24/h18-25H,3-17H2,1-2H3. The van der Waals surface area contributed by atoms with Crippen molar-refractivity contribution in [2.45, 2.75) is 122 Å². The zero-order valence-corrected chi connectivity index (χ0v) is 18.2. The molecule has 152 valence electrons. The summed E-state index contributed by atoms with van der Waals surface area (Å²) in [6.07, 6.45) is 21.6. The number of benzene rings is 1. The second-order valence-corrected chi connectivity index (χ2v) is 9.71. The molecular weight excluding hydrogens is 324 g/mol.